The van der Waals surface area contributed by atoms with Crippen LogP contribution in [-0.2, 0) is 16.1 Å². The standard InChI is InChI=1S/C31H26O4/c1-3-33-30-18-22(16-27-19-29(35-31(27)32)25-12-8-21(2)9-13-25)11-15-28(30)34-20-23-10-14-24-6-4-5-7-26(24)17-23/h4-19H,3,20H2,1-2H3/b27-16-. The first-order valence-corrected chi connectivity index (χ1v) is 11.7. The van der Waals surface area contributed by atoms with Crippen LogP contribution in [0, 0.1) is 6.92 Å². The number of hydrogen-bond acceptors (Lipinski definition) is 4. The van der Waals surface area contributed by atoms with Crippen LogP contribution in [0.2, 0.25) is 0 Å². The molecule has 1 aliphatic rings. The first-order valence-electron chi connectivity index (χ1n) is 11.7. The van der Waals surface area contributed by atoms with E-state index < -0.39 is 0 Å². The molecule has 4 heteroatoms. The molecule has 0 atom stereocenters. The SMILES string of the molecule is CCOc1cc(/C=C2/C=C(c3ccc(C)cc3)OC2=O)ccc1OCc1ccc2ccccc2c1. The lowest BCUT2D eigenvalue weighted by Crippen LogP contribution is -2.00. The summed E-state index contributed by atoms with van der Waals surface area (Å²) in [5, 5.41) is 2.38. The van der Waals surface area contributed by atoms with Gasteiger partial charge in [0.15, 0.2) is 11.5 Å². The van der Waals surface area contributed by atoms with Gasteiger partial charge in [0.2, 0.25) is 0 Å². The minimum Gasteiger partial charge on any atom is -0.490 e. The zero-order valence-electron chi connectivity index (χ0n) is 19.8. The number of carbonyl (C=O) groups excluding carboxylic acids is 1. The molecule has 35 heavy (non-hydrogen) atoms. The van der Waals surface area contributed by atoms with Gasteiger partial charge in [0.05, 0.1) is 12.2 Å². The van der Waals surface area contributed by atoms with Gasteiger partial charge in [-0.3, -0.25) is 0 Å². The summed E-state index contributed by atoms with van der Waals surface area (Å²) in [4.78, 5) is 12.5. The van der Waals surface area contributed by atoms with Gasteiger partial charge in [-0.15, -0.1) is 0 Å². The maximum atomic E-state index is 12.5. The first-order chi connectivity index (χ1) is 17.1. The highest BCUT2D eigenvalue weighted by Gasteiger charge is 2.22. The van der Waals surface area contributed by atoms with Crippen LogP contribution < -0.4 is 9.47 Å². The van der Waals surface area contributed by atoms with Crippen LogP contribution in [0.1, 0.15) is 29.2 Å². The van der Waals surface area contributed by atoms with Crippen LogP contribution in [-0.4, -0.2) is 12.6 Å². The van der Waals surface area contributed by atoms with Gasteiger partial charge in [-0.1, -0.05) is 72.3 Å². The zero-order chi connectivity index (χ0) is 24.2. The molecule has 0 saturated heterocycles. The molecular formula is C31H26O4. The third-order valence-electron chi connectivity index (χ3n) is 5.86. The van der Waals surface area contributed by atoms with Crippen molar-refractivity contribution in [2.24, 2.45) is 0 Å². The molecule has 0 radical (unpaired) electrons. The van der Waals surface area contributed by atoms with Gasteiger partial charge in [-0.25, -0.2) is 4.79 Å². The molecule has 4 aromatic carbocycles. The largest absolute Gasteiger partial charge is 0.490 e. The van der Waals surface area contributed by atoms with Crippen molar-refractivity contribution in [1.29, 1.82) is 0 Å². The molecule has 1 heterocycles. The van der Waals surface area contributed by atoms with Crippen molar-refractivity contribution < 1.29 is 19.0 Å². The lowest BCUT2D eigenvalue weighted by atomic mass is 10.1. The topological polar surface area (TPSA) is 44.8 Å². The normalized spacial score (nSPS) is 14.2. The number of carbonyl (C=O) groups is 1. The van der Waals surface area contributed by atoms with Gasteiger partial charge in [0, 0.05) is 5.56 Å². The second-order valence-corrected chi connectivity index (χ2v) is 8.47. The minimum absolute atomic E-state index is 0.366. The highest BCUT2D eigenvalue weighted by atomic mass is 16.5. The molecule has 0 bridgehead atoms. The van der Waals surface area contributed by atoms with E-state index in [9.17, 15) is 4.79 Å². The van der Waals surface area contributed by atoms with E-state index in [1.165, 1.54) is 10.8 Å². The van der Waals surface area contributed by atoms with Crippen LogP contribution in [0.25, 0.3) is 22.6 Å². The summed E-state index contributed by atoms with van der Waals surface area (Å²) in [6.45, 7) is 4.89. The third-order valence-corrected chi connectivity index (χ3v) is 5.86. The lowest BCUT2D eigenvalue weighted by Gasteiger charge is -2.13. The number of rotatable bonds is 7. The van der Waals surface area contributed by atoms with Gasteiger partial charge in [-0.2, -0.15) is 0 Å². The molecule has 0 spiro atoms. The maximum absolute atomic E-state index is 12.5. The average Bonchev–Trinajstić information content (AvgIpc) is 3.24. The summed E-state index contributed by atoms with van der Waals surface area (Å²) in [7, 11) is 0. The Morgan fingerprint density at radius 3 is 2.43 bits per heavy atom. The molecule has 0 aliphatic carbocycles. The van der Waals surface area contributed by atoms with E-state index >= 15 is 0 Å². The Bertz CT molecular complexity index is 1440. The smallest absolute Gasteiger partial charge is 0.343 e. The van der Waals surface area contributed by atoms with Crippen molar-refractivity contribution in [3.05, 3.63) is 119 Å². The predicted octanol–water partition coefficient (Wildman–Crippen LogP) is 7.11. The summed E-state index contributed by atoms with van der Waals surface area (Å²) in [5.41, 5.74) is 4.44. The molecule has 5 rings (SSSR count). The molecule has 4 aromatic rings. The highest BCUT2D eigenvalue weighted by molar-refractivity contribution is 6.05. The average molecular weight is 463 g/mol. The number of hydrogen-bond donors (Lipinski definition) is 0. The van der Waals surface area contributed by atoms with Crippen LogP contribution in [0.4, 0.5) is 0 Å². The molecule has 0 amide bonds. The van der Waals surface area contributed by atoms with E-state index in [0.29, 0.717) is 36.0 Å². The summed E-state index contributed by atoms with van der Waals surface area (Å²) in [5.74, 6) is 1.49. The molecular weight excluding hydrogens is 436 g/mol. The summed E-state index contributed by atoms with van der Waals surface area (Å²) in [6, 6.07) is 28.2. The highest BCUT2D eigenvalue weighted by Crippen LogP contribution is 2.32. The summed E-state index contributed by atoms with van der Waals surface area (Å²) in [6.07, 6.45) is 3.58. The lowest BCUT2D eigenvalue weighted by molar-refractivity contribution is -0.130. The fourth-order valence-electron chi connectivity index (χ4n) is 4.02. The Balaban J connectivity index is 1.36. The second kappa shape index (κ2) is 9.90. The molecule has 0 saturated carbocycles. The monoisotopic (exact) mass is 462 g/mol. The quantitative estimate of drug-likeness (QED) is 0.217. The van der Waals surface area contributed by atoms with Crippen molar-refractivity contribution >= 4 is 28.6 Å². The molecule has 0 fully saturated rings. The van der Waals surface area contributed by atoms with Crippen molar-refractivity contribution in [3.8, 4) is 11.5 Å². The maximum Gasteiger partial charge on any atom is 0.343 e. The van der Waals surface area contributed by atoms with E-state index in [2.05, 4.69) is 30.3 Å². The van der Waals surface area contributed by atoms with Crippen LogP contribution >= 0.6 is 0 Å². The number of aryl methyl sites for hydroxylation is 1. The van der Waals surface area contributed by atoms with Gasteiger partial charge in [0.25, 0.3) is 0 Å². The Kier molecular flexibility index (Phi) is 6.36. The first kappa shape index (κ1) is 22.5. The van der Waals surface area contributed by atoms with Crippen LogP contribution in [0.3, 0.4) is 0 Å². The van der Waals surface area contributed by atoms with Crippen molar-refractivity contribution in [1.82, 2.24) is 0 Å². The Hall–Kier alpha value is -4.31. The van der Waals surface area contributed by atoms with Crippen LogP contribution in [0.5, 0.6) is 11.5 Å². The summed E-state index contributed by atoms with van der Waals surface area (Å²) < 4.78 is 17.4. The van der Waals surface area contributed by atoms with E-state index in [-0.39, 0.29) is 5.97 Å². The van der Waals surface area contributed by atoms with E-state index in [1.807, 2.05) is 68.4 Å². The molecule has 174 valence electrons. The Morgan fingerprint density at radius 2 is 1.63 bits per heavy atom. The Morgan fingerprint density at radius 1 is 0.829 bits per heavy atom. The van der Waals surface area contributed by atoms with Gasteiger partial charge in [0.1, 0.15) is 12.4 Å². The predicted molar refractivity (Wildman–Crippen MR) is 139 cm³/mol. The molecule has 4 nitrogen and oxygen atoms in total. The van der Waals surface area contributed by atoms with Crippen molar-refractivity contribution in [2.75, 3.05) is 6.61 Å². The van der Waals surface area contributed by atoms with Gasteiger partial charge < -0.3 is 14.2 Å². The third kappa shape index (κ3) is 5.12. The summed E-state index contributed by atoms with van der Waals surface area (Å²) >= 11 is 0. The number of cyclic esters (lactones) is 1. The number of ether oxygens (including phenoxy) is 3. The minimum atomic E-state index is -0.366. The number of esters is 1. The number of fused-ring (bicyclic) bond motifs is 1. The fourth-order valence-corrected chi connectivity index (χ4v) is 4.02. The molecule has 0 unspecified atom stereocenters. The van der Waals surface area contributed by atoms with E-state index in [0.717, 1.165) is 22.3 Å². The Labute approximate surface area is 205 Å². The van der Waals surface area contributed by atoms with E-state index in [4.69, 9.17) is 14.2 Å². The van der Waals surface area contributed by atoms with Crippen LogP contribution in [0.15, 0.2) is 96.6 Å². The fraction of sp³-hybridized carbons (Fsp3) is 0.129. The zero-order valence-corrected chi connectivity index (χ0v) is 19.8. The molecule has 0 aromatic heterocycles. The number of benzene rings is 4. The van der Waals surface area contributed by atoms with Gasteiger partial charge >= 0.3 is 5.97 Å². The van der Waals surface area contributed by atoms with Crippen molar-refractivity contribution in [2.45, 2.75) is 20.5 Å². The van der Waals surface area contributed by atoms with Gasteiger partial charge in [-0.05, 0) is 66.1 Å². The van der Waals surface area contributed by atoms with E-state index in [1.54, 1.807) is 12.2 Å². The molecule has 0 N–H and O–H groups in total. The van der Waals surface area contributed by atoms with Crippen molar-refractivity contribution in [3.63, 3.8) is 0 Å². The second-order valence-electron chi connectivity index (χ2n) is 8.47. The molecule has 1 aliphatic heterocycles.